The van der Waals surface area contributed by atoms with E-state index in [2.05, 4.69) is 6.58 Å². The summed E-state index contributed by atoms with van der Waals surface area (Å²) in [5, 5.41) is 0. The van der Waals surface area contributed by atoms with Gasteiger partial charge in [0.05, 0.1) is 0 Å². The first-order chi connectivity index (χ1) is 4.55. The molecule has 0 unspecified atom stereocenters. The molecule has 0 aromatic heterocycles. The quantitative estimate of drug-likeness (QED) is 0.589. The van der Waals surface area contributed by atoms with E-state index in [0.29, 0.717) is 0 Å². The number of hydrogen-bond acceptors (Lipinski definition) is 1. The van der Waals surface area contributed by atoms with Crippen LogP contribution in [0, 0.1) is 5.92 Å². The van der Waals surface area contributed by atoms with Crippen LogP contribution < -0.4 is 5.73 Å². The number of rotatable bonds is 2. The van der Waals surface area contributed by atoms with Crippen LogP contribution in [0.4, 0.5) is 8.78 Å². The van der Waals surface area contributed by atoms with Gasteiger partial charge in [0.2, 0.25) is 5.92 Å². The Morgan fingerprint density at radius 2 is 2.10 bits per heavy atom. The number of halogens is 2. The van der Waals surface area contributed by atoms with Gasteiger partial charge in [-0.2, -0.15) is 0 Å². The second kappa shape index (κ2) is 2.31. The van der Waals surface area contributed by atoms with Crippen molar-refractivity contribution in [3.05, 3.63) is 12.7 Å². The van der Waals surface area contributed by atoms with Gasteiger partial charge in [0.25, 0.3) is 0 Å². The van der Waals surface area contributed by atoms with E-state index in [4.69, 9.17) is 5.73 Å². The summed E-state index contributed by atoms with van der Waals surface area (Å²) in [6.45, 7) is 3.44. The summed E-state index contributed by atoms with van der Waals surface area (Å²) < 4.78 is 24.4. The molecule has 0 saturated heterocycles. The Kier molecular flexibility index (Phi) is 1.77. The van der Waals surface area contributed by atoms with Crippen LogP contribution in [0.3, 0.4) is 0 Å². The van der Waals surface area contributed by atoms with E-state index in [-0.39, 0.29) is 24.8 Å². The van der Waals surface area contributed by atoms with Gasteiger partial charge in [0.1, 0.15) is 0 Å². The Morgan fingerprint density at radius 3 is 2.40 bits per heavy atom. The molecule has 1 aliphatic rings. The minimum atomic E-state index is -2.45. The van der Waals surface area contributed by atoms with E-state index in [1.54, 1.807) is 0 Å². The molecule has 1 rings (SSSR count). The van der Waals surface area contributed by atoms with E-state index >= 15 is 0 Å². The highest BCUT2D eigenvalue weighted by Crippen LogP contribution is 2.43. The molecule has 0 spiro atoms. The lowest BCUT2D eigenvalue weighted by Crippen LogP contribution is -2.44. The van der Waals surface area contributed by atoms with Crippen molar-refractivity contribution in [3.8, 4) is 0 Å². The molecule has 1 fully saturated rings. The predicted molar refractivity (Wildman–Crippen MR) is 35.8 cm³/mol. The Hall–Kier alpha value is -0.440. The van der Waals surface area contributed by atoms with Gasteiger partial charge in [-0.15, -0.1) is 6.58 Å². The molecule has 0 radical (unpaired) electrons. The molecule has 1 saturated carbocycles. The van der Waals surface area contributed by atoms with Crippen molar-refractivity contribution >= 4 is 0 Å². The van der Waals surface area contributed by atoms with Crippen molar-refractivity contribution in [3.63, 3.8) is 0 Å². The monoisotopic (exact) mass is 147 g/mol. The molecule has 1 aliphatic carbocycles. The van der Waals surface area contributed by atoms with Gasteiger partial charge in [-0.3, -0.25) is 0 Å². The van der Waals surface area contributed by atoms with Crippen LogP contribution in [-0.2, 0) is 0 Å². The smallest absolute Gasteiger partial charge is 0.248 e. The van der Waals surface area contributed by atoms with Crippen molar-refractivity contribution in [2.24, 2.45) is 11.7 Å². The first-order valence-corrected chi connectivity index (χ1v) is 3.31. The second-order valence-electron chi connectivity index (χ2n) is 2.84. The van der Waals surface area contributed by atoms with E-state index in [1.807, 2.05) is 0 Å². The maximum atomic E-state index is 12.2. The maximum Gasteiger partial charge on any atom is 0.248 e. The van der Waals surface area contributed by atoms with Crippen LogP contribution in [0.5, 0.6) is 0 Å². The van der Waals surface area contributed by atoms with E-state index in [9.17, 15) is 8.78 Å². The molecule has 0 aliphatic heterocycles. The third-order valence-corrected chi connectivity index (χ3v) is 1.94. The molecule has 3 heteroatoms. The molecule has 0 bridgehead atoms. The van der Waals surface area contributed by atoms with Gasteiger partial charge in [-0.05, 0) is 5.92 Å². The van der Waals surface area contributed by atoms with Gasteiger partial charge < -0.3 is 5.73 Å². The average Bonchev–Trinajstić information content (AvgIpc) is 1.81. The van der Waals surface area contributed by atoms with Gasteiger partial charge in [-0.1, -0.05) is 6.08 Å². The molecule has 1 nitrogen and oxygen atoms in total. The summed E-state index contributed by atoms with van der Waals surface area (Å²) >= 11 is 0. The first-order valence-electron chi connectivity index (χ1n) is 3.31. The highest BCUT2D eigenvalue weighted by Gasteiger charge is 2.46. The zero-order valence-corrected chi connectivity index (χ0v) is 5.69. The van der Waals surface area contributed by atoms with E-state index in [1.165, 1.54) is 6.08 Å². The largest absolute Gasteiger partial charge is 0.324 e. The summed E-state index contributed by atoms with van der Waals surface area (Å²) in [7, 11) is 0. The average molecular weight is 147 g/mol. The van der Waals surface area contributed by atoms with Gasteiger partial charge >= 0.3 is 0 Å². The highest BCUT2D eigenvalue weighted by atomic mass is 19.3. The standard InChI is InChI=1S/C7H11F2N/c1-2-6(10)5-3-7(8,9)4-5/h2,5-6H,1,3-4,10H2/t6-/m1/s1. The lowest BCUT2D eigenvalue weighted by Gasteiger charge is -2.37. The Morgan fingerprint density at radius 1 is 1.60 bits per heavy atom. The molecule has 10 heavy (non-hydrogen) atoms. The second-order valence-corrected chi connectivity index (χ2v) is 2.84. The molecule has 2 N–H and O–H groups in total. The molecule has 58 valence electrons. The minimum Gasteiger partial charge on any atom is -0.324 e. The molecule has 0 heterocycles. The third kappa shape index (κ3) is 1.34. The Labute approximate surface area is 58.9 Å². The summed E-state index contributed by atoms with van der Waals surface area (Å²) in [5.74, 6) is -2.50. The zero-order valence-electron chi connectivity index (χ0n) is 5.69. The summed E-state index contributed by atoms with van der Waals surface area (Å²) in [6, 6.07) is -0.250. The molecular formula is C7H11F2N. The van der Waals surface area contributed by atoms with E-state index in [0.717, 1.165) is 0 Å². The molecule has 0 aromatic rings. The minimum absolute atomic E-state index is 0.0486. The fourth-order valence-electron chi connectivity index (χ4n) is 1.17. The van der Waals surface area contributed by atoms with Crippen molar-refractivity contribution in [2.45, 2.75) is 24.8 Å². The molecule has 0 aromatic carbocycles. The van der Waals surface area contributed by atoms with E-state index < -0.39 is 5.92 Å². The summed E-state index contributed by atoms with van der Waals surface area (Å²) in [4.78, 5) is 0. The normalized spacial score (nSPS) is 27.1. The number of hydrogen-bond donors (Lipinski definition) is 1. The lowest BCUT2D eigenvalue weighted by molar-refractivity contribution is -0.112. The molecule has 1 atom stereocenters. The van der Waals surface area contributed by atoms with Crippen LogP contribution >= 0.6 is 0 Å². The molecular weight excluding hydrogens is 136 g/mol. The van der Waals surface area contributed by atoms with Crippen LogP contribution in [-0.4, -0.2) is 12.0 Å². The van der Waals surface area contributed by atoms with Crippen molar-refractivity contribution < 1.29 is 8.78 Å². The van der Waals surface area contributed by atoms with Gasteiger partial charge in [-0.25, -0.2) is 8.78 Å². The fourth-order valence-corrected chi connectivity index (χ4v) is 1.17. The highest BCUT2D eigenvalue weighted by molar-refractivity contribution is 4.98. The van der Waals surface area contributed by atoms with Crippen LogP contribution in [0.1, 0.15) is 12.8 Å². The lowest BCUT2D eigenvalue weighted by atomic mass is 9.77. The van der Waals surface area contributed by atoms with Crippen LogP contribution in [0.2, 0.25) is 0 Å². The van der Waals surface area contributed by atoms with Gasteiger partial charge in [0, 0.05) is 18.9 Å². The number of nitrogens with two attached hydrogens (primary N) is 1. The summed E-state index contributed by atoms with van der Waals surface area (Å²) in [5.41, 5.74) is 5.45. The van der Waals surface area contributed by atoms with Gasteiger partial charge in [0.15, 0.2) is 0 Å². The first kappa shape index (κ1) is 7.66. The van der Waals surface area contributed by atoms with Crippen molar-refractivity contribution in [2.75, 3.05) is 0 Å². The Bertz CT molecular complexity index is 137. The SMILES string of the molecule is C=C[C@@H](N)C1CC(F)(F)C1. The summed E-state index contributed by atoms with van der Waals surface area (Å²) in [6.07, 6.45) is 1.39. The maximum absolute atomic E-state index is 12.2. The fraction of sp³-hybridized carbons (Fsp3) is 0.714. The van der Waals surface area contributed by atoms with Crippen LogP contribution in [0.25, 0.3) is 0 Å². The zero-order chi connectivity index (χ0) is 7.78. The Balaban J connectivity index is 2.32. The number of alkyl halides is 2. The molecule has 0 amide bonds. The van der Waals surface area contributed by atoms with Crippen molar-refractivity contribution in [1.82, 2.24) is 0 Å². The predicted octanol–water partition coefficient (Wildman–Crippen LogP) is 1.55. The third-order valence-electron chi connectivity index (χ3n) is 1.94. The van der Waals surface area contributed by atoms with Crippen LogP contribution in [0.15, 0.2) is 12.7 Å². The topological polar surface area (TPSA) is 26.0 Å². The van der Waals surface area contributed by atoms with Crippen molar-refractivity contribution in [1.29, 1.82) is 0 Å².